The van der Waals surface area contributed by atoms with Crippen LogP contribution < -0.4 is 4.72 Å². The van der Waals surface area contributed by atoms with E-state index in [0.717, 1.165) is 29.9 Å². The van der Waals surface area contributed by atoms with Gasteiger partial charge in [-0.2, -0.15) is 11.8 Å². The zero-order chi connectivity index (χ0) is 13.2. The highest BCUT2D eigenvalue weighted by atomic mass is 32.2. The Labute approximate surface area is 116 Å². The number of rotatable bonds is 5. The van der Waals surface area contributed by atoms with Gasteiger partial charge in [0, 0.05) is 11.3 Å². The van der Waals surface area contributed by atoms with Gasteiger partial charge in [-0.05, 0) is 42.5 Å². The van der Waals surface area contributed by atoms with Crippen molar-refractivity contribution in [3.05, 3.63) is 17.0 Å². The predicted octanol–water partition coefficient (Wildman–Crippen LogP) is 1.80. The summed E-state index contributed by atoms with van der Waals surface area (Å²) < 4.78 is 27.1. The van der Waals surface area contributed by atoms with Gasteiger partial charge in [0.05, 0.1) is 6.61 Å². The van der Waals surface area contributed by atoms with Gasteiger partial charge in [0.1, 0.15) is 4.21 Å². The van der Waals surface area contributed by atoms with Crippen LogP contribution in [0.3, 0.4) is 0 Å². The minimum absolute atomic E-state index is 0.0180. The summed E-state index contributed by atoms with van der Waals surface area (Å²) in [4.78, 5) is 0. The topological polar surface area (TPSA) is 66.4 Å². The summed E-state index contributed by atoms with van der Waals surface area (Å²) in [6.45, 7) is 2.44. The summed E-state index contributed by atoms with van der Waals surface area (Å²) in [6, 6.07) is 1.52. The van der Waals surface area contributed by atoms with Crippen LogP contribution in [0.2, 0.25) is 0 Å². The Kier molecular flexibility index (Phi) is 4.38. The monoisotopic (exact) mass is 307 g/mol. The van der Waals surface area contributed by atoms with E-state index in [1.807, 2.05) is 11.8 Å². The van der Waals surface area contributed by atoms with E-state index in [-0.39, 0.29) is 15.6 Å². The van der Waals surface area contributed by atoms with Crippen LogP contribution in [0.4, 0.5) is 0 Å². The number of thiophene rings is 1. The highest BCUT2D eigenvalue weighted by molar-refractivity contribution is 8.01. The molecule has 2 rings (SSSR count). The molecule has 1 saturated heterocycles. The third kappa shape index (κ3) is 3.27. The number of aliphatic hydroxyl groups excluding tert-OH is 1. The highest BCUT2D eigenvalue weighted by Crippen LogP contribution is 2.37. The lowest BCUT2D eigenvalue weighted by atomic mass is 10.1. The summed E-state index contributed by atoms with van der Waals surface area (Å²) in [7, 11) is -3.43. The van der Waals surface area contributed by atoms with Gasteiger partial charge in [0.15, 0.2) is 0 Å². The normalized spacial score (nSPS) is 24.6. The van der Waals surface area contributed by atoms with E-state index in [2.05, 4.69) is 11.6 Å². The average molecular weight is 307 g/mol. The molecule has 0 aromatic carbocycles. The van der Waals surface area contributed by atoms with Crippen molar-refractivity contribution < 1.29 is 13.5 Å². The Morgan fingerprint density at radius 1 is 1.56 bits per heavy atom. The zero-order valence-corrected chi connectivity index (χ0v) is 12.6. The molecule has 0 spiro atoms. The number of aliphatic hydroxyl groups is 1. The van der Waals surface area contributed by atoms with Gasteiger partial charge in [-0.25, -0.2) is 13.1 Å². The first-order chi connectivity index (χ1) is 8.45. The zero-order valence-electron chi connectivity index (χ0n) is 10.2. The molecule has 1 unspecified atom stereocenters. The van der Waals surface area contributed by atoms with E-state index in [0.29, 0.717) is 12.1 Å². The Bertz CT molecular complexity index is 503. The molecule has 1 aromatic rings. The molecular formula is C11H17NO3S3. The number of hydrogen-bond donors (Lipinski definition) is 2. The van der Waals surface area contributed by atoms with E-state index in [1.165, 1.54) is 6.07 Å². The molecule has 0 radical (unpaired) electrons. The molecule has 2 N–H and O–H groups in total. The number of thioether (sulfide) groups is 1. The third-order valence-corrected chi connectivity index (χ3v) is 7.44. The molecule has 0 amide bonds. The summed E-state index contributed by atoms with van der Waals surface area (Å²) in [5, 5.41) is 10.6. The van der Waals surface area contributed by atoms with Crippen molar-refractivity contribution in [2.24, 2.45) is 0 Å². The van der Waals surface area contributed by atoms with Crippen molar-refractivity contribution in [1.82, 2.24) is 4.72 Å². The van der Waals surface area contributed by atoms with Crippen LogP contribution in [-0.4, -0.2) is 30.6 Å². The smallest absolute Gasteiger partial charge is 0.250 e. The lowest BCUT2D eigenvalue weighted by Crippen LogP contribution is -2.36. The number of hydrogen-bond acceptors (Lipinski definition) is 5. The Balaban J connectivity index is 2.03. The molecule has 2 heterocycles. The molecule has 1 aromatic heterocycles. The fraction of sp³-hybridized carbons (Fsp3) is 0.636. The van der Waals surface area contributed by atoms with Gasteiger partial charge >= 0.3 is 0 Å². The fourth-order valence-electron chi connectivity index (χ4n) is 1.87. The minimum Gasteiger partial charge on any atom is -0.392 e. The van der Waals surface area contributed by atoms with Gasteiger partial charge in [0.25, 0.3) is 0 Å². The molecule has 0 aliphatic carbocycles. The average Bonchev–Trinajstić information content (AvgIpc) is 2.96. The van der Waals surface area contributed by atoms with Crippen LogP contribution in [0.1, 0.15) is 25.3 Å². The second kappa shape index (κ2) is 5.50. The van der Waals surface area contributed by atoms with E-state index >= 15 is 0 Å². The SMILES string of the molecule is CC1(CNS(=O)(=O)c2cc(CO)cs2)CCCS1. The van der Waals surface area contributed by atoms with Crippen molar-refractivity contribution in [3.8, 4) is 0 Å². The molecule has 1 aliphatic heterocycles. The molecule has 0 saturated carbocycles. The molecule has 102 valence electrons. The van der Waals surface area contributed by atoms with Crippen molar-refractivity contribution >= 4 is 33.1 Å². The molecule has 0 bridgehead atoms. The van der Waals surface area contributed by atoms with E-state index in [1.54, 1.807) is 5.38 Å². The van der Waals surface area contributed by atoms with Crippen LogP contribution >= 0.6 is 23.1 Å². The predicted molar refractivity (Wildman–Crippen MR) is 75.5 cm³/mol. The Hall–Kier alpha value is -0.0800. The minimum atomic E-state index is -3.43. The quantitative estimate of drug-likeness (QED) is 0.870. The maximum absolute atomic E-state index is 12.1. The third-order valence-electron chi connectivity index (χ3n) is 3.01. The van der Waals surface area contributed by atoms with Crippen molar-refractivity contribution in [1.29, 1.82) is 0 Å². The fourth-order valence-corrected chi connectivity index (χ4v) is 5.62. The summed E-state index contributed by atoms with van der Waals surface area (Å²) in [5.41, 5.74) is 0.641. The molecular weight excluding hydrogens is 290 g/mol. The van der Waals surface area contributed by atoms with Crippen LogP contribution in [-0.2, 0) is 16.6 Å². The Morgan fingerprint density at radius 3 is 2.89 bits per heavy atom. The summed E-state index contributed by atoms with van der Waals surface area (Å²) >= 11 is 2.97. The molecule has 18 heavy (non-hydrogen) atoms. The molecule has 1 aliphatic rings. The lowest BCUT2D eigenvalue weighted by molar-refractivity contribution is 0.282. The maximum atomic E-state index is 12.1. The van der Waals surface area contributed by atoms with Crippen LogP contribution in [0.5, 0.6) is 0 Å². The maximum Gasteiger partial charge on any atom is 0.250 e. The number of sulfonamides is 1. The lowest BCUT2D eigenvalue weighted by Gasteiger charge is -2.22. The first kappa shape index (κ1) is 14.3. The van der Waals surface area contributed by atoms with Crippen LogP contribution in [0, 0.1) is 0 Å². The second-order valence-electron chi connectivity index (χ2n) is 4.66. The van der Waals surface area contributed by atoms with Crippen molar-refractivity contribution in [2.75, 3.05) is 12.3 Å². The summed E-state index contributed by atoms with van der Waals surface area (Å²) in [5.74, 6) is 1.10. The molecule has 1 fully saturated rings. The van der Waals surface area contributed by atoms with Gasteiger partial charge < -0.3 is 5.11 Å². The van der Waals surface area contributed by atoms with E-state index in [9.17, 15) is 8.42 Å². The standard InChI is InChI=1S/C11H17NO3S3/c1-11(3-2-4-17-11)8-12-18(14,15)10-5-9(6-13)7-16-10/h5,7,12-13H,2-4,6,8H2,1H3. The van der Waals surface area contributed by atoms with Gasteiger partial charge in [0.2, 0.25) is 10.0 Å². The van der Waals surface area contributed by atoms with Crippen molar-refractivity contribution in [2.45, 2.75) is 35.3 Å². The van der Waals surface area contributed by atoms with E-state index in [4.69, 9.17) is 5.11 Å². The second-order valence-corrected chi connectivity index (χ2v) is 9.25. The largest absolute Gasteiger partial charge is 0.392 e. The highest BCUT2D eigenvalue weighted by Gasteiger charge is 2.31. The van der Waals surface area contributed by atoms with Gasteiger partial charge in [-0.1, -0.05) is 0 Å². The first-order valence-corrected chi connectivity index (χ1v) is 9.12. The van der Waals surface area contributed by atoms with Crippen LogP contribution in [0.25, 0.3) is 0 Å². The molecule has 1 atom stereocenters. The van der Waals surface area contributed by atoms with Gasteiger partial charge in [-0.3, -0.25) is 0 Å². The Morgan fingerprint density at radius 2 is 2.33 bits per heavy atom. The molecule has 7 heteroatoms. The van der Waals surface area contributed by atoms with E-state index < -0.39 is 10.0 Å². The van der Waals surface area contributed by atoms with Gasteiger partial charge in [-0.15, -0.1) is 11.3 Å². The van der Waals surface area contributed by atoms with Crippen molar-refractivity contribution in [3.63, 3.8) is 0 Å². The molecule has 4 nitrogen and oxygen atoms in total. The first-order valence-electron chi connectivity index (χ1n) is 5.77. The summed E-state index contributed by atoms with van der Waals surface area (Å²) in [6.07, 6.45) is 2.20. The number of nitrogens with one attached hydrogen (secondary N) is 1. The van der Waals surface area contributed by atoms with Crippen LogP contribution in [0.15, 0.2) is 15.7 Å².